The minimum atomic E-state index is -0.521. The van der Waals surface area contributed by atoms with Gasteiger partial charge in [0.25, 0.3) is 5.69 Å². The maximum Gasteiger partial charge on any atom is 0.283 e. The van der Waals surface area contributed by atoms with Gasteiger partial charge in [-0.25, -0.2) is 0 Å². The van der Waals surface area contributed by atoms with Crippen LogP contribution in [0.3, 0.4) is 0 Å². The van der Waals surface area contributed by atoms with Crippen molar-refractivity contribution in [2.45, 2.75) is 16.7 Å². The third kappa shape index (κ3) is 3.75. The number of hydrogen-bond acceptors (Lipinski definition) is 4. The molecule has 0 aliphatic carbocycles. The summed E-state index contributed by atoms with van der Waals surface area (Å²) in [6.45, 7) is 1.36. The molecule has 4 nitrogen and oxygen atoms in total. The fourth-order valence-corrected chi connectivity index (χ4v) is 3.07. The zero-order chi connectivity index (χ0) is 15.6. The van der Waals surface area contributed by atoms with E-state index < -0.39 is 4.92 Å². The van der Waals surface area contributed by atoms with Gasteiger partial charge in [0, 0.05) is 21.5 Å². The summed E-state index contributed by atoms with van der Waals surface area (Å²) in [7, 11) is 0. The van der Waals surface area contributed by atoms with Crippen molar-refractivity contribution in [3.05, 3.63) is 62.1 Å². The van der Waals surface area contributed by atoms with E-state index in [2.05, 4.69) is 0 Å². The summed E-state index contributed by atoms with van der Waals surface area (Å²) in [5.74, 6) is -0.226. The lowest BCUT2D eigenvalue weighted by atomic mass is 10.1. The predicted molar refractivity (Wildman–Crippen MR) is 83.7 cm³/mol. The van der Waals surface area contributed by atoms with Gasteiger partial charge in [-0.15, -0.1) is 0 Å². The highest BCUT2D eigenvalue weighted by Gasteiger charge is 2.18. The fourth-order valence-electron chi connectivity index (χ4n) is 1.64. The first-order chi connectivity index (χ1) is 9.88. The molecule has 21 heavy (non-hydrogen) atoms. The molecule has 0 bridgehead atoms. The first kappa shape index (κ1) is 15.8. The summed E-state index contributed by atoms with van der Waals surface area (Å²) in [4.78, 5) is 23.0. The Kier molecular flexibility index (Phi) is 4.88. The molecule has 2 rings (SSSR count). The number of nitro benzene ring substituents is 1. The number of hydrogen-bond donors (Lipinski definition) is 0. The van der Waals surface area contributed by atoms with E-state index in [1.165, 1.54) is 19.1 Å². The summed E-state index contributed by atoms with van der Waals surface area (Å²) in [6.07, 6.45) is 0. The first-order valence-corrected chi connectivity index (χ1v) is 7.38. The van der Waals surface area contributed by atoms with Crippen LogP contribution in [0, 0.1) is 10.1 Å². The van der Waals surface area contributed by atoms with Gasteiger partial charge in [-0.1, -0.05) is 35.0 Å². The van der Waals surface area contributed by atoms with Gasteiger partial charge in [-0.2, -0.15) is 0 Å². The summed E-state index contributed by atoms with van der Waals surface area (Å²) >= 11 is 13.1. The molecular formula is C14H9Cl2NO3S. The van der Waals surface area contributed by atoms with Crippen molar-refractivity contribution in [1.29, 1.82) is 0 Å². The monoisotopic (exact) mass is 341 g/mol. The van der Waals surface area contributed by atoms with Gasteiger partial charge >= 0.3 is 0 Å². The highest BCUT2D eigenvalue weighted by atomic mass is 35.5. The van der Waals surface area contributed by atoms with Crippen LogP contribution < -0.4 is 0 Å². The maximum absolute atomic E-state index is 11.3. The predicted octanol–water partition coefficient (Wildman–Crippen LogP) is 5.26. The Bertz CT molecular complexity index is 734. The number of carbonyl (C=O) groups is 1. The van der Waals surface area contributed by atoms with Crippen molar-refractivity contribution in [2.75, 3.05) is 0 Å². The van der Waals surface area contributed by atoms with Crippen LogP contribution >= 0.6 is 35.0 Å². The van der Waals surface area contributed by atoms with Crippen LogP contribution in [-0.4, -0.2) is 10.7 Å². The van der Waals surface area contributed by atoms with E-state index in [0.717, 1.165) is 11.8 Å². The summed E-state index contributed by atoms with van der Waals surface area (Å²) < 4.78 is 0. The molecule has 2 aromatic carbocycles. The number of ketones is 1. The molecule has 0 N–H and O–H groups in total. The molecule has 0 aromatic heterocycles. The zero-order valence-electron chi connectivity index (χ0n) is 10.8. The molecular weight excluding hydrogens is 333 g/mol. The lowest BCUT2D eigenvalue weighted by molar-refractivity contribution is -0.387. The van der Waals surface area contributed by atoms with Crippen LogP contribution in [0.25, 0.3) is 0 Å². The van der Waals surface area contributed by atoms with Crippen LogP contribution in [0.4, 0.5) is 5.69 Å². The van der Waals surface area contributed by atoms with Crippen LogP contribution in [0.2, 0.25) is 10.0 Å². The van der Waals surface area contributed by atoms with Crippen molar-refractivity contribution in [3.8, 4) is 0 Å². The third-order valence-corrected chi connectivity index (χ3v) is 4.47. The summed E-state index contributed by atoms with van der Waals surface area (Å²) in [5, 5.41) is 12.1. The maximum atomic E-state index is 11.3. The largest absolute Gasteiger partial charge is 0.295 e. The van der Waals surface area contributed by atoms with Crippen LogP contribution in [-0.2, 0) is 0 Å². The summed E-state index contributed by atoms with van der Waals surface area (Å²) in [6, 6.07) is 9.26. The van der Waals surface area contributed by atoms with E-state index in [9.17, 15) is 14.9 Å². The molecule has 0 saturated heterocycles. The first-order valence-electron chi connectivity index (χ1n) is 5.81. The van der Waals surface area contributed by atoms with Gasteiger partial charge < -0.3 is 0 Å². The topological polar surface area (TPSA) is 60.2 Å². The Morgan fingerprint density at radius 1 is 1.14 bits per heavy atom. The standard InChI is InChI=1S/C14H9Cl2NO3S/c1-8(18)9-2-5-13(12(6-9)17(19)20)21-14-7-10(15)3-4-11(14)16/h2-7H,1H3. The van der Waals surface area contributed by atoms with E-state index in [-0.39, 0.29) is 11.5 Å². The Morgan fingerprint density at radius 3 is 2.48 bits per heavy atom. The van der Waals surface area contributed by atoms with E-state index >= 15 is 0 Å². The molecule has 0 heterocycles. The average molecular weight is 342 g/mol. The van der Waals surface area contributed by atoms with Gasteiger partial charge in [0.2, 0.25) is 0 Å². The third-order valence-electron chi connectivity index (χ3n) is 2.68. The summed E-state index contributed by atoms with van der Waals surface area (Å²) in [5.41, 5.74) is 0.159. The van der Waals surface area contributed by atoms with Crippen molar-refractivity contribution in [3.63, 3.8) is 0 Å². The molecule has 2 aromatic rings. The van der Waals surface area contributed by atoms with Gasteiger partial charge in [0.15, 0.2) is 5.78 Å². The minimum Gasteiger partial charge on any atom is -0.295 e. The van der Waals surface area contributed by atoms with Gasteiger partial charge in [0.05, 0.1) is 14.8 Å². The zero-order valence-corrected chi connectivity index (χ0v) is 13.1. The fraction of sp³-hybridized carbons (Fsp3) is 0.0714. The molecule has 0 fully saturated rings. The van der Waals surface area contributed by atoms with E-state index in [0.29, 0.717) is 25.4 Å². The smallest absolute Gasteiger partial charge is 0.283 e. The minimum absolute atomic E-state index is 0.135. The second kappa shape index (κ2) is 6.47. The molecule has 0 aliphatic heterocycles. The molecule has 7 heteroatoms. The number of benzene rings is 2. The molecule has 0 radical (unpaired) electrons. The SMILES string of the molecule is CC(=O)c1ccc(Sc2cc(Cl)ccc2Cl)c([N+](=O)[O-])c1. The van der Waals surface area contributed by atoms with Crippen molar-refractivity contribution in [2.24, 2.45) is 0 Å². The van der Waals surface area contributed by atoms with Gasteiger partial charge in [0.1, 0.15) is 0 Å². The highest BCUT2D eigenvalue weighted by molar-refractivity contribution is 7.99. The van der Waals surface area contributed by atoms with Crippen molar-refractivity contribution >= 4 is 46.4 Å². The van der Waals surface area contributed by atoms with E-state index in [1.807, 2.05) is 0 Å². The molecule has 0 saturated carbocycles. The number of rotatable bonds is 4. The number of nitrogens with zero attached hydrogens (tertiary/aromatic N) is 1. The highest BCUT2D eigenvalue weighted by Crippen LogP contribution is 2.39. The number of carbonyl (C=O) groups excluding carboxylic acids is 1. The Hall–Kier alpha value is -1.56. The van der Waals surface area contributed by atoms with Gasteiger partial charge in [-0.05, 0) is 37.3 Å². The van der Waals surface area contributed by atoms with Crippen LogP contribution in [0.15, 0.2) is 46.2 Å². The van der Waals surface area contributed by atoms with Crippen molar-refractivity contribution in [1.82, 2.24) is 0 Å². The number of halogens is 2. The lowest BCUT2D eigenvalue weighted by Crippen LogP contribution is -1.97. The van der Waals surface area contributed by atoms with Gasteiger partial charge in [-0.3, -0.25) is 14.9 Å². The quantitative estimate of drug-likeness (QED) is 0.432. The molecule has 0 amide bonds. The normalized spacial score (nSPS) is 10.4. The Morgan fingerprint density at radius 2 is 1.86 bits per heavy atom. The molecule has 0 spiro atoms. The Labute approximate surface area is 135 Å². The van der Waals surface area contributed by atoms with Crippen molar-refractivity contribution < 1.29 is 9.72 Å². The average Bonchev–Trinajstić information content (AvgIpc) is 2.42. The Balaban J connectivity index is 2.46. The molecule has 0 aliphatic rings. The van der Waals surface area contributed by atoms with E-state index in [4.69, 9.17) is 23.2 Å². The lowest BCUT2D eigenvalue weighted by Gasteiger charge is -2.06. The van der Waals surface area contributed by atoms with E-state index in [1.54, 1.807) is 24.3 Å². The molecule has 0 atom stereocenters. The van der Waals surface area contributed by atoms with Crippen LogP contribution in [0.5, 0.6) is 0 Å². The second-order valence-corrected chi connectivity index (χ2v) is 6.10. The van der Waals surface area contributed by atoms with Crippen LogP contribution in [0.1, 0.15) is 17.3 Å². The second-order valence-electron chi connectivity index (χ2n) is 4.17. The molecule has 108 valence electrons. The number of Topliss-reactive ketones (excluding diaryl/α,β-unsaturated/α-hetero) is 1. The molecule has 0 unspecified atom stereocenters. The number of nitro groups is 1.